The van der Waals surface area contributed by atoms with E-state index in [-0.39, 0.29) is 11.7 Å². The molecule has 0 radical (unpaired) electrons. The fourth-order valence-electron chi connectivity index (χ4n) is 2.24. The number of furan rings is 1. The first-order chi connectivity index (χ1) is 10.8. The molecule has 0 aliphatic carbocycles. The van der Waals surface area contributed by atoms with Crippen LogP contribution in [0.1, 0.15) is 30.1 Å². The van der Waals surface area contributed by atoms with E-state index in [1.54, 1.807) is 18.4 Å². The van der Waals surface area contributed by atoms with Gasteiger partial charge >= 0.3 is 0 Å². The van der Waals surface area contributed by atoms with Crippen LogP contribution in [0.25, 0.3) is 0 Å². The van der Waals surface area contributed by atoms with Gasteiger partial charge in [-0.2, -0.15) is 0 Å². The first-order valence-electron chi connectivity index (χ1n) is 7.00. The van der Waals surface area contributed by atoms with Crippen LogP contribution < -0.4 is 0 Å². The summed E-state index contributed by atoms with van der Waals surface area (Å²) in [6, 6.07) is 10.1. The smallest absolute Gasteiger partial charge is 0.276 e. The van der Waals surface area contributed by atoms with E-state index in [0.717, 1.165) is 17.1 Å². The lowest BCUT2D eigenvalue weighted by Crippen LogP contribution is -2.04. The molecule has 2 heterocycles. The molecule has 0 aliphatic rings. The Bertz CT molecular complexity index is 710. The molecule has 1 unspecified atom stereocenters. The number of hydrogen-bond acceptors (Lipinski definition) is 5. The van der Waals surface area contributed by atoms with E-state index in [0.29, 0.717) is 17.5 Å². The Morgan fingerprint density at radius 3 is 2.68 bits per heavy atom. The summed E-state index contributed by atoms with van der Waals surface area (Å²) in [6.07, 6.45) is 2.13. The fourth-order valence-corrected chi connectivity index (χ4v) is 2.75. The number of hydrogen-bond donors (Lipinski definition) is 0. The van der Waals surface area contributed by atoms with Crippen LogP contribution in [0.15, 0.2) is 56.7 Å². The van der Waals surface area contributed by atoms with Crippen molar-refractivity contribution in [2.24, 2.45) is 0 Å². The van der Waals surface area contributed by atoms with Gasteiger partial charge in [0.25, 0.3) is 5.22 Å². The standard InChI is InChI=1S/C16H15FN2O2S/c1-2-22-16-19-18-15(21-16)10-13(14-4-3-9-20-14)11-5-7-12(17)8-6-11/h3-9,13H,2,10H2,1H3. The molecule has 22 heavy (non-hydrogen) atoms. The van der Waals surface area contributed by atoms with Crippen molar-refractivity contribution in [3.63, 3.8) is 0 Å². The Morgan fingerprint density at radius 2 is 2.00 bits per heavy atom. The number of rotatable bonds is 6. The van der Waals surface area contributed by atoms with Gasteiger partial charge in [0, 0.05) is 6.42 Å². The lowest BCUT2D eigenvalue weighted by molar-refractivity contribution is 0.395. The molecule has 0 spiro atoms. The van der Waals surface area contributed by atoms with Crippen molar-refractivity contribution in [3.05, 3.63) is 65.7 Å². The predicted molar refractivity (Wildman–Crippen MR) is 81.4 cm³/mol. The van der Waals surface area contributed by atoms with Crippen LogP contribution in [0.2, 0.25) is 0 Å². The second kappa shape index (κ2) is 6.79. The first kappa shape index (κ1) is 14.8. The largest absolute Gasteiger partial charge is 0.469 e. The molecule has 3 aromatic rings. The predicted octanol–water partition coefficient (Wildman–Crippen LogP) is 4.29. The van der Waals surface area contributed by atoms with E-state index >= 15 is 0 Å². The molecule has 0 saturated carbocycles. The summed E-state index contributed by atoms with van der Waals surface area (Å²) in [5, 5.41) is 8.64. The molecule has 0 aliphatic heterocycles. The van der Waals surface area contributed by atoms with E-state index in [1.165, 1.54) is 23.9 Å². The minimum Gasteiger partial charge on any atom is -0.469 e. The number of aromatic nitrogens is 2. The van der Waals surface area contributed by atoms with E-state index < -0.39 is 0 Å². The maximum absolute atomic E-state index is 13.1. The number of nitrogens with zero attached hydrogens (tertiary/aromatic N) is 2. The van der Waals surface area contributed by atoms with Crippen LogP contribution in [0.5, 0.6) is 0 Å². The summed E-state index contributed by atoms with van der Waals surface area (Å²) in [4.78, 5) is 0. The molecular weight excluding hydrogens is 303 g/mol. The highest BCUT2D eigenvalue weighted by Crippen LogP contribution is 2.29. The molecule has 0 N–H and O–H groups in total. The zero-order valence-corrected chi connectivity index (χ0v) is 12.8. The van der Waals surface area contributed by atoms with Crippen molar-refractivity contribution in [1.82, 2.24) is 10.2 Å². The second-order valence-electron chi connectivity index (χ2n) is 4.72. The maximum atomic E-state index is 13.1. The van der Waals surface area contributed by atoms with E-state index in [2.05, 4.69) is 10.2 Å². The normalized spacial score (nSPS) is 12.5. The third-order valence-corrected chi connectivity index (χ3v) is 3.95. The van der Waals surface area contributed by atoms with Gasteiger partial charge in [0.05, 0.1) is 12.2 Å². The lowest BCUT2D eigenvalue weighted by Gasteiger charge is -2.13. The zero-order chi connectivity index (χ0) is 15.4. The van der Waals surface area contributed by atoms with Crippen molar-refractivity contribution < 1.29 is 13.2 Å². The molecule has 0 bridgehead atoms. The van der Waals surface area contributed by atoms with Crippen molar-refractivity contribution in [1.29, 1.82) is 0 Å². The Balaban J connectivity index is 1.87. The molecule has 2 aromatic heterocycles. The highest BCUT2D eigenvalue weighted by Gasteiger charge is 2.21. The Morgan fingerprint density at radius 1 is 1.18 bits per heavy atom. The van der Waals surface area contributed by atoms with E-state index in [1.807, 2.05) is 19.1 Å². The van der Waals surface area contributed by atoms with Crippen molar-refractivity contribution in [2.75, 3.05) is 5.75 Å². The minimum absolute atomic E-state index is 0.0875. The quantitative estimate of drug-likeness (QED) is 0.635. The number of benzene rings is 1. The van der Waals surface area contributed by atoms with Gasteiger partial charge in [0.2, 0.25) is 5.89 Å². The molecule has 4 nitrogen and oxygen atoms in total. The topological polar surface area (TPSA) is 52.1 Å². The zero-order valence-electron chi connectivity index (χ0n) is 12.0. The summed E-state index contributed by atoms with van der Waals surface area (Å²) in [5.74, 6) is 1.86. The molecule has 0 amide bonds. The molecular formula is C16H15FN2O2S. The van der Waals surface area contributed by atoms with E-state index in [4.69, 9.17) is 8.83 Å². The summed E-state index contributed by atoms with van der Waals surface area (Å²) < 4.78 is 24.3. The lowest BCUT2D eigenvalue weighted by atomic mass is 9.93. The van der Waals surface area contributed by atoms with Gasteiger partial charge in [0.1, 0.15) is 11.6 Å². The molecule has 0 fully saturated rings. The maximum Gasteiger partial charge on any atom is 0.276 e. The third kappa shape index (κ3) is 3.39. The summed E-state index contributed by atoms with van der Waals surface area (Å²) in [6.45, 7) is 2.03. The molecule has 6 heteroatoms. The van der Waals surface area contributed by atoms with Gasteiger partial charge in [-0.15, -0.1) is 10.2 Å². The molecule has 3 rings (SSSR count). The molecule has 1 atom stereocenters. The van der Waals surface area contributed by atoms with Gasteiger partial charge in [-0.25, -0.2) is 4.39 Å². The average molecular weight is 318 g/mol. The minimum atomic E-state index is -0.263. The summed E-state index contributed by atoms with van der Waals surface area (Å²) in [5.41, 5.74) is 0.944. The highest BCUT2D eigenvalue weighted by molar-refractivity contribution is 7.99. The molecule has 0 saturated heterocycles. The average Bonchev–Trinajstić information content (AvgIpc) is 3.18. The van der Waals surface area contributed by atoms with Crippen LogP contribution in [0, 0.1) is 5.82 Å². The Labute approximate surface area is 131 Å². The van der Waals surface area contributed by atoms with Crippen molar-refractivity contribution >= 4 is 11.8 Å². The highest BCUT2D eigenvalue weighted by atomic mass is 32.2. The Kier molecular flexibility index (Phi) is 4.58. The second-order valence-corrected chi connectivity index (χ2v) is 5.93. The summed E-state index contributed by atoms with van der Waals surface area (Å²) >= 11 is 1.51. The molecule has 1 aromatic carbocycles. The van der Waals surface area contributed by atoms with Crippen LogP contribution in [-0.2, 0) is 6.42 Å². The van der Waals surface area contributed by atoms with Gasteiger partial charge in [-0.05, 0) is 35.6 Å². The SMILES string of the molecule is CCSc1nnc(CC(c2ccc(F)cc2)c2ccco2)o1. The molecule has 114 valence electrons. The summed E-state index contributed by atoms with van der Waals surface area (Å²) in [7, 11) is 0. The van der Waals surface area contributed by atoms with Crippen molar-refractivity contribution in [2.45, 2.75) is 24.5 Å². The van der Waals surface area contributed by atoms with Crippen LogP contribution in [0.3, 0.4) is 0 Å². The van der Waals surface area contributed by atoms with Crippen LogP contribution >= 0.6 is 11.8 Å². The number of thioether (sulfide) groups is 1. The van der Waals surface area contributed by atoms with E-state index in [9.17, 15) is 4.39 Å². The van der Waals surface area contributed by atoms with Crippen LogP contribution in [-0.4, -0.2) is 16.0 Å². The number of halogens is 1. The fraction of sp³-hybridized carbons (Fsp3) is 0.250. The van der Waals surface area contributed by atoms with Crippen LogP contribution in [0.4, 0.5) is 4.39 Å². The third-order valence-electron chi connectivity index (χ3n) is 3.25. The van der Waals surface area contributed by atoms with Gasteiger partial charge in [0.15, 0.2) is 0 Å². The van der Waals surface area contributed by atoms with Crippen molar-refractivity contribution in [3.8, 4) is 0 Å². The first-order valence-corrected chi connectivity index (χ1v) is 7.99. The van der Waals surface area contributed by atoms with Gasteiger partial charge in [-0.1, -0.05) is 30.8 Å². The Hall–Kier alpha value is -2.08. The van der Waals surface area contributed by atoms with Gasteiger partial charge < -0.3 is 8.83 Å². The monoisotopic (exact) mass is 318 g/mol. The van der Waals surface area contributed by atoms with Gasteiger partial charge in [-0.3, -0.25) is 0 Å².